The van der Waals surface area contributed by atoms with Gasteiger partial charge in [-0.15, -0.1) is 0 Å². The van der Waals surface area contributed by atoms with Crippen LogP contribution in [0.2, 0.25) is 0 Å². The molecule has 0 unspecified atom stereocenters. The van der Waals surface area contributed by atoms with Crippen LogP contribution in [0.3, 0.4) is 0 Å². The average molecular weight is 326 g/mol. The number of benzene rings is 1. The van der Waals surface area contributed by atoms with Crippen molar-refractivity contribution in [2.24, 2.45) is 11.8 Å². The van der Waals surface area contributed by atoms with Crippen LogP contribution < -0.4 is 10.0 Å². The summed E-state index contributed by atoms with van der Waals surface area (Å²) in [4.78, 5) is 22.6. The predicted molar refractivity (Wildman–Crippen MR) is 82.0 cm³/mol. The number of anilines is 2. The maximum atomic E-state index is 11.9. The molecule has 2 rings (SSSR count). The van der Waals surface area contributed by atoms with E-state index in [4.69, 9.17) is 5.11 Å². The third-order valence-electron chi connectivity index (χ3n) is 3.32. The van der Waals surface area contributed by atoms with Crippen LogP contribution in [0.25, 0.3) is 0 Å². The van der Waals surface area contributed by atoms with Crippen LogP contribution in [0.5, 0.6) is 0 Å². The minimum atomic E-state index is -3.39. The number of carbonyl (C=O) groups excluding carboxylic acids is 1. The minimum absolute atomic E-state index is 0.0198. The van der Waals surface area contributed by atoms with Crippen molar-refractivity contribution in [3.8, 4) is 0 Å². The van der Waals surface area contributed by atoms with Gasteiger partial charge >= 0.3 is 5.97 Å². The Labute approximate surface area is 128 Å². The van der Waals surface area contributed by atoms with Crippen molar-refractivity contribution in [2.45, 2.75) is 19.8 Å². The van der Waals surface area contributed by atoms with Crippen molar-refractivity contribution >= 4 is 33.3 Å². The molecular weight excluding hydrogens is 308 g/mol. The van der Waals surface area contributed by atoms with E-state index >= 15 is 0 Å². The highest BCUT2D eigenvalue weighted by atomic mass is 32.2. The Morgan fingerprint density at radius 3 is 2.55 bits per heavy atom. The van der Waals surface area contributed by atoms with E-state index in [0.717, 1.165) is 0 Å². The van der Waals surface area contributed by atoms with Crippen LogP contribution in [0.4, 0.5) is 11.4 Å². The first kappa shape index (κ1) is 16.3. The first-order valence-electron chi connectivity index (χ1n) is 6.96. The van der Waals surface area contributed by atoms with Gasteiger partial charge in [0.1, 0.15) is 0 Å². The Morgan fingerprint density at radius 1 is 1.27 bits per heavy atom. The third kappa shape index (κ3) is 4.20. The summed E-state index contributed by atoms with van der Waals surface area (Å²) in [7, 11) is -3.39. The lowest BCUT2D eigenvalue weighted by Gasteiger charge is -2.09. The van der Waals surface area contributed by atoms with Gasteiger partial charge in [-0.2, -0.15) is 0 Å². The zero-order valence-electron chi connectivity index (χ0n) is 12.1. The molecule has 2 atom stereocenters. The quantitative estimate of drug-likeness (QED) is 0.703. The number of hydrogen-bond acceptors (Lipinski definition) is 4. The van der Waals surface area contributed by atoms with E-state index in [1.807, 2.05) is 0 Å². The standard InChI is InChI=1S/C14H18N2O5S/c1-2-6-22(20,21)16-10-5-3-4-9(7-10)15-13(17)11-8-12(11)14(18)19/h3-5,7,11-12,16H,2,6,8H2,1H3,(H,15,17)(H,18,19)/t11-,12+/m1/s1. The van der Waals surface area contributed by atoms with Gasteiger partial charge in [-0.1, -0.05) is 13.0 Å². The molecule has 0 spiro atoms. The zero-order valence-corrected chi connectivity index (χ0v) is 12.9. The van der Waals surface area contributed by atoms with Gasteiger partial charge in [-0.05, 0) is 31.0 Å². The molecule has 120 valence electrons. The monoisotopic (exact) mass is 326 g/mol. The molecule has 1 aromatic rings. The summed E-state index contributed by atoms with van der Waals surface area (Å²) in [5, 5.41) is 11.4. The number of aliphatic carboxylic acids is 1. The van der Waals surface area contributed by atoms with Crippen molar-refractivity contribution < 1.29 is 23.1 Å². The van der Waals surface area contributed by atoms with Crippen molar-refractivity contribution in [2.75, 3.05) is 15.8 Å². The summed E-state index contributed by atoms with van der Waals surface area (Å²) in [6.07, 6.45) is 0.841. The number of hydrogen-bond donors (Lipinski definition) is 3. The molecule has 0 aliphatic heterocycles. The van der Waals surface area contributed by atoms with Gasteiger partial charge in [0.05, 0.1) is 23.3 Å². The molecule has 0 radical (unpaired) electrons. The Hall–Kier alpha value is -2.09. The van der Waals surface area contributed by atoms with Crippen LogP contribution in [0.15, 0.2) is 24.3 Å². The summed E-state index contributed by atoms with van der Waals surface area (Å²) in [6, 6.07) is 6.32. The minimum Gasteiger partial charge on any atom is -0.481 e. The lowest BCUT2D eigenvalue weighted by atomic mass is 10.2. The number of nitrogens with one attached hydrogen (secondary N) is 2. The summed E-state index contributed by atoms with van der Waals surface area (Å²) in [6.45, 7) is 1.77. The first-order valence-corrected chi connectivity index (χ1v) is 8.62. The van der Waals surface area contributed by atoms with Crippen molar-refractivity contribution in [3.05, 3.63) is 24.3 Å². The second kappa shape index (κ2) is 6.35. The summed E-state index contributed by atoms with van der Waals surface area (Å²) < 4.78 is 25.8. The fourth-order valence-electron chi connectivity index (χ4n) is 2.15. The molecule has 1 aliphatic rings. The molecule has 0 heterocycles. The van der Waals surface area contributed by atoms with Gasteiger partial charge in [-0.3, -0.25) is 14.3 Å². The van der Waals surface area contributed by atoms with Crippen molar-refractivity contribution in [1.82, 2.24) is 0 Å². The van der Waals surface area contributed by atoms with E-state index in [0.29, 0.717) is 24.2 Å². The van der Waals surface area contributed by atoms with E-state index in [-0.39, 0.29) is 11.7 Å². The number of sulfonamides is 1. The first-order chi connectivity index (χ1) is 10.3. The predicted octanol–water partition coefficient (Wildman–Crippen LogP) is 1.50. The topological polar surface area (TPSA) is 113 Å². The third-order valence-corrected chi connectivity index (χ3v) is 4.81. The highest BCUT2D eigenvalue weighted by Gasteiger charge is 2.48. The number of carboxylic acid groups (broad SMARTS) is 1. The maximum absolute atomic E-state index is 11.9. The van der Waals surface area contributed by atoms with Gasteiger partial charge in [0, 0.05) is 5.69 Å². The summed E-state index contributed by atoms with van der Waals surface area (Å²) >= 11 is 0. The van der Waals surface area contributed by atoms with Crippen LogP contribution in [0.1, 0.15) is 19.8 Å². The number of rotatable bonds is 7. The Bertz CT molecular complexity index is 686. The fraction of sp³-hybridized carbons (Fsp3) is 0.429. The number of amides is 1. The zero-order chi connectivity index (χ0) is 16.3. The molecule has 1 saturated carbocycles. The second-order valence-electron chi connectivity index (χ2n) is 5.28. The smallest absolute Gasteiger partial charge is 0.307 e. The van der Waals surface area contributed by atoms with E-state index < -0.39 is 27.8 Å². The van der Waals surface area contributed by atoms with Crippen LogP contribution in [-0.4, -0.2) is 31.2 Å². The van der Waals surface area contributed by atoms with E-state index in [9.17, 15) is 18.0 Å². The molecule has 0 saturated heterocycles. The van der Waals surface area contributed by atoms with Gasteiger partial charge in [0.15, 0.2) is 0 Å². The summed E-state index contributed by atoms with van der Waals surface area (Å²) in [5.41, 5.74) is 0.787. The maximum Gasteiger partial charge on any atom is 0.307 e. The number of carbonyl (C=O) groups is 2. The second-order valence-corrected chi connectivity index (χ2v) is 7.12. The molecule has 1 fully saturated rings. The summed E-state index contributed by atoms with van der Waals surface area (Å²) in [5.74, 6) is -2.45. The number of carboxylic acids is 1. The van der Waals surface area contributed by atoms with Gasteiger partial charge in [-0.25, -0.2) is 8.42 Å². The highest BCUT2D eigenvalue weighted by Crippen LogP contribution is 2.39. The van der Waals surface area contributed by atoms with E-state index in [2.05, 4.69) is 10.0 Å². The van der Waals surface area contributed by atoms with E-state index in [1.54, 1.807) is 25.1 Å². The van der Waals surface area contributed by atoms with Gasteiger partial charge in [0.25, 0.3) is 0 Å². The molecule has 0 aromatic heterocycles. The Kier molecular flexibility index (Phi) is 4.70. The molecule has 3 N–H and O–H groups in total. The lowest BCUT2D eigenvalue weighted by molar-refractivity contribution is -0.139. The highest BCUT2D eigenvalue weighted by molar-refractivity contribution is 7.92. The molecule has 8 heteroatoms. The molecule has 0 bridgehead atoms. The molecule has 7 nitrogen and oxygen atoms in total. The van der Waals surface area contributed by atoms with Crippen molar-refractivity contribution in [1.29, 1.82) is 0 Å². The van der Waals surface area contributed by atoms with Crippen LogP contribution >= 0.6 is 0 Å². The Morgan fingerprint density at radius 2 is 1.95 bits per heavy atom. The van der Waals surface area contributed by atoms with Crippen LogP contribution in [0, 0.1) is 11.8 Å². The lowest BCUT2D eigenvalue weighted by Crippen LogP contribution is -2.18. The van der Waals surface area contributed by atoms with Gasteiger partial charge < -0.3 is 10.4 Å². The van der Waals surface area contributed by atoms with E-state index in [1.165, 1.54) is 6.07 Å². The molecule has 22 heavy (non-hydrogen) atoms. The normalized spacial score (nSPS) is 20.2. The average Bonchev–Trinajstić information content (AvgIpc) is 3.18. The molecule has 1 aromatic carbocycles. The van der Waals surface area contributed by atoms with Crippen molar-refractivity contribution in [3.63, 3.8) is 0 Å². The molecular formula is C14H18N2O5S. The largest absolute Gasteiger partial charge is 0.481 e. The van der Waals surface area contributed by atoms with Gasteiger partial charge in [0.2, 0.25) is 15.9 Å². The van der Waals surface area contributed by atoms with Crippen LogP contribution in [-0.2, 0) is 19.6 Å². The molecule has 1 amide bonds. The molecule has 1 aliphatic carbocycles. The SMILES string of the molecule is CCCS(=O)(=O)Nc1cccc(NC(=O)[C@@H]2C[C@@H]2C(=O)O)c1. The Balaban J connectivity index is 2.00. The fourth-order valence-corrected chi connectivity index (χ4v) is 3.28.